The number of halogens is 3. The van der Waals surface area contributed by atoms with E-state index in [9.17, 15) is 13.2 Å². The molecule has 86 valence electrons. The average Bonchev–Trinajstić information content (AvgIpc) is 2.00. The Morgan fingerprint density at radius 1 is 1.29 bits per heavy atom. The highest BCUT2D eigenvalue weighted by Crippen LogP contribution is 2.11. The molecule has 0 fully saturated rings. The molecule has 0 atom stereocenters. The Bertz CT molecular complexity index is 137. The van der Waals surface area contributed by atoms with Crippen LogP contribution in [0, 0.1) is 5.92 Å². The van der Waals surface area contributed by atoms with Gasteiger partial charge >= 0.3 is 6.18 Å². The molecule has 0 saturated carbocycles. The van der Waals surface area contributed by atoms with Gasteiger partial charge in [-0.1, -0.05) is 13.8 Å². The standard InChI is InChI=1S/C9H18F3NO/c1-8(2)6-14-5-3-4-13-7-9(10,11)12/h8,13H,3-7H2,1-2H3. The average molecular weight is 213 g/mol. The van der Waals surface area contributed by atoms with Gasteiger partial charge in [0.05, 0.1) is 6.54 Å². The minimum absolute atomic E-state index is 0.345. The third kappa shape index (κ3) is 11.7. The van der Waals surface area contributed by atoms with Gasteiger partial charge in [0.1, 0.15) is 0 Å². The summed E-state index contributed by atoms with van der Waals surface area (Å²) in [6, 6.07) is 0. The number of alkyl halides is 3. The highest BCUT2D eigenvalue weighted by atomic mass is 19.4. The lowest BCUT2D eigenvalue weighted by Gasteiger charge is -2.09. The molecule has 5 heteroatoms. The van der Waals surface area contributed by atoms with Crippen LogP contribution in [0.3, 0.4) is 0 Å². The summed E-state index contributed by atoms with van der Waals surface area (Å²) in [6.07, 6.45) is -3.50. The van der Waals surface area contributed by atoms with Crippen LogP contribution in [0.2, 0.25) is 0 Å². The molecule has 14 heavy (non-hydrogen) atoms. The summed E-state index contributed by atoms with van der Waals surface area (Å²) in [6.45, 7) is 4.67. The zero-order valence-electron chi connectivity index (χ0n) is 8.66. The summed E-state index contributed by atoms with van der Waals surface area (Å²) < 4.78 is 40.1. The second kappa shape index (κ2) is 7.06. The van der Waals surface area contributed by atoms with E-state index in [1.54, 1.807) is 0 Å². The molecule has 0 heterocycles. The molecule has 0 aliphatic carbocycles. The van der Waals surface area contributed by atoms with E-state index >= 15 is 0 Å². The summed E-state index contributed by atoms with van der Waals surface area (Å²) in [5.41, 5.74) is 0. The fourth-order valence-electron chi connectivity index (χ4n) is 0.848. The van der Waals surface area contributed by atoms with Crippen LogP contribution in [0.5, 0.6) is 0 Å². The molecule has 0 rings (SSSR count). The van der Waals surface area contributed by atoms with Crippen molar-refractivity contribution in [2.24, 2.45) is 5.92 Å². The van der Waals surface area contributed by atoms with Crippen molar-refractivity contribution in [1.82, 2.24) is 5.32 Å². The van der Waals surface area contributed by atoms with E-state index in [0.29, 0.717) is 32.1 Å². The maximum atomic E-state index is 11.6. The molecule has 0 bridgehead atoms. The second-order valence-electron chi connectivity index (χ2n) is 3.61. The molecule has 0 aromatic rings. The number of rotatable bonds is 7. The molecule has 0 aliphatic heterocycles. The normalized spacial score (nSPS) is 12.4. The van der Waals surface area contributed by atoms with Crippen LogP contribution >= 0.6 is 0 Å². The van der Waals surface area contributed by atoms with Crippen LogP contribution < -0.4 is 5.32 Å². The lowest BCUT2D eigenvalue weighted by Crippen LogP contribution is -2.29. The van der Waals surface area contributed by atoms with Crippen LogP contribution in [0.4, 0.5) is 13.2 Å². The summed E-state index contributed by atoms with van der Waals surface area (Å²) in [4.78, 5) is 0. The maximum absolute atomic E-state index is 11.6. The largest absolute Gasteiger partial charge is 0.401 e. The Labute approximate surface area is 82.8 Å². The minimum atomic E-state index is -4.11. The van der Waals surface area contributed by atoms with Gasteiger partial charge < -0.3 is 10.1 Å². The fourth-order valence-corrected chi connectivity index (χ4v) is 0.848. The van der Waals surface area contributed by atoms with Crippen molar-refractivity contribution in [3.63, 3.8) is 0 Å². The van der Waals surface area contributed by atoms with Crippen molar-refractivity contribution in [1.29, 1.82) is 0 Å². The van der Waals surface area contributed by atoms with Gasteiger partial charge in [-0.3, -0.25) is 0 Å². The topological polar surface area (TPSA) is 21.3 Å². The van der Waals surface area contributed by atoms with Gasteiger partial charge in [0, 0.05) is 13.2 Å². The van der Waals surface area contributed by atoms with Crippen LogP contribution in [-0.2, 0) is 4.74 Å². The lowest BCUT2D eigenvalue weighted by molar-refractivity contribution is -0.124. The van der Waals surface area contributed by atoms with Crippen molar-refractivity contribution < 1.29 is 17.9 Å². The van der Waals surface area contributed by atoms with Gasteiger partial charge in [0.2, 0.25) is 0 Å². The first kappa shape index (κ1) is 13.7. The molecule has 2 nitrogen and oxygen atoms in total. The molecular weight excluding hydrogens is 195 g/mol. The lowest BCUT2D eigenvalue weighted by atomic mass is 10.2. The Morgan fingerprint density at radius 2 is 1.93 bits per heavy atom. The summed E-state index contributed by atoms with van der Waals surface area (Å²) in [7, 11) is 0. The van der Waals surface area contributed by atoms with E-state index in [1.165, 1.54) is 0 Å². The highest BCUT2D eigenvalue weighted by molar-refractivity contribution is 4.55. The van der Waals surface area contributed by atoms with E-state index in [1.807, 2.05) is 13.8 Å². The molecule has 0 aromatic carbocycles. The van der Waals surface area contributed by atoms with Crippen molar-refractivity contribution in [2.75, 3.05) is 26.3 Å². The van der Waals surface area contributed by atoms with E-state index in [-0.39, 0.29) is 0 Å². The summed E-state index contributed by atoms with van der Waals surface area (Å²) in [5, 5.41) is 2.31. The number of hydrogen-bond acceptors (Lipinski definition) is 2. The second-order valence-corrected chi connectivity index (χ2v) is 3.61. The van der Waals surface area contributed by atoms with Crippen LogP contribution in [0.1, 0.15) is 20.3 Å². The molecular formula is C9H18F3NO. The highest BCUT2D eigenvalue weighted by Gasteiger charge is 2.25. The molecule has 1 N–H and O–H groups in total. The van der Waals surface area contributed by atoms with E-state index < -0.39 is 12.7 Å². The van der Waals surface area contributed by atoms with Gasteiger partial charge in [-0.2, -0.15) is 13.2 Å². The first-order valence-corrected chi connectivity index (χ1v) is 4.77. The summed E-state index contributed by atoms with van der Waals surface area (Å²) in [5.74, 6) is 0.470. The number of ether oxygens (including phenoxy) is 1. The van der Waals surface area contributed by atoms with Gasteiger partial charge in [0.25, 0.3) is 0 Å². The number of hydrogen-bond donors (Lipinski definition) is 1. The van der Waals surface area contributed by atoms with Crippen LogP contribution in [-0.4, -0.2) is 32.5 Å². The molecule has 0 aromatic heterocycles. The first-order chi connectivity index (χ1) is 6.42. The Balaban J connectivity index is 3.07. The zero-order chi connectivity index (χ0) is 11.0. The monoisotopic (exact) mass is 213 g/mol. The number of nitrogens with one attached hydrogen (secondary N) is 1. The molecule has 0 radical (unpaired) electrons. The predicted molar refractivity (Wildman–Crippen MR) is 49.2 cm³/mol. The van der Waals surface area contributed by atoms with E-state index in [4.69, 9.17) is 4.74 Å². The Morgan fingerprint density at radius 3 is 2.43 bits per heavy atom. The maximum Gasteiger partial charge on any atom is 0.401 e. The van der Waals surface area contributed by atoms with Gasteiger partial charge in [-0.15, -0.1) is 0 Å². The Kier molecular flexibility index (Phi) is 6.92. The van der Waals surface area contributed by atoms with E-state index in [0.717, 1.165) is 0 Å². The SMILES string of the molecule is CC(C)COCCCNCC(F)(F)F. The van der Waals surface area contributed by atoms with Gasteiger partial charge in [-0.05, 0) is 18.9 Å². The van der Waals surface area contributed by atoms with Crippen LogP contribution in [0.25, 0.3) is 0 Å². The summed E-state index contributed by atoms with van der Waals surface area (Å²) >= 11 is 0. The zero-order valence-corrected chi connectivity index (χ0v) is 8.66. The van der Waals surface area contributed by atoms with Crippen molar-refractivity contribution in [3.8, 4) is 0 Å². The molecule has 0 saturated heterocycles. The van der Waals surface area contributed by atoms with Gasteiger partial charge in [-0.25, -0.2) is 0 Å². The third-order valence-electron chi connectivity index (χ3n) is 1.42. The quantitative estimate of drug-likeness (QED) is 0.655. The third-order valence-corrected chi connectivity index (χ3v) is 1.42. The van der Waals surface area contributed by atoms with Crippen molar-refractivity contribution in [2.45, 2.75) is 26.4 Å². The predicted octanol–water partition coefficient (Wildman–Crippen LogP) is 2.20. The smallest absolute Gasteiger partial charge is 0.381 e. The van der Waals surface area contributed by atoms with Crippen molar-refractivity contribution in [3.05, 3.63) is 0 Å². The minimum Gasteiger partial charge on any atom is -0.381 e. The first-order valence-electron chi connectivity index (χ1n) is 4.77. The molecule has 0 amide bonds. The fraction of sp³-hybridized carbons (Fsp3) is 1.00. The Hall–Kier alpha value is -0.290. The molecule has 0 spiro atoms. The van der Waals surface area contributed by atoms with Crippen LogP contribution in [0.15, 0.2) is 0 Å². The molecule has 0 aliphatic rings. The van der Waals surface area contributed by atoms with E-state index in [2.05, 4.69) is 5.32 Å². The van der Waals surface area contributed by atoms with Gasteiger partial charge in [0.15, 0.2) is 0 Å². The van der Waals surface area contributed by atoms with Crippen molar-refractivity contribution >= 4 is 0 Å². The molecule has 0 unspecified atom stereocenters.